The number of alkyl halides is 3. The van der Waals surface area contributed by atoms with Crippen molar-refractivity contribution >= 4 is 17.9 Å². The molecule has 0 fully saturated rings. The van der Waals surface area contributed by atoms with Gasteiger partial charge >= 0.3 is 6.18 Å². The molecule has 2 amide bonds. The van der Waals surface area contributed by atoms with Gasteiger partial charge in [-0.25, -0.2) is 0 Å². The van der Waals surface area contributed by atoms with Crippen molar-refractivity contribution in [2.75, 3.05) is 0 Å². The monoisotopic (exact) mass is 424 g/mol. The van der Waals surface area contributed by atoms with Gasteiger partial charge in [0.15, 0.2) is 0 Å². The lowest BCUT2D eigenvalue weighted by Crippen LogP contribution is -2.34. The Morgan fingerprint density at radius 1 is 0.806 bits per heavy atom. The summed E-state index contributed by atoms with van der Waals surface area (Å²) in [5.74, 6) is -1.01. The number of nitrogens with one attached hydrogen (secondary N) is 2. The molecule has 0 atom stereocenters. The van der Waals surface area contributed by atoms with Crippen LogP contribution in [0.3, 0.4) is 0 Å². The maximum Gasteiger partial charge on any atom is 0.416 e. The van der Waals surface area contributed by atoms with E-state index in [0.717, 1.165) is 12.1 Å². The molecule has 0 aliphatic heterocycles. The van der Waals surface area contributed by atoms with Gasteiger partial charge in [0.1, 0.15) is 5.70 Å². The lowest BCUT2D eigenvalue weighted by molar-refractivity contribution is -0.137. The van der Waals surface area contributed by atoms with Crippen LogP contribution in [0.4, 0.5) is 13.2 Å². The summed E-state index contributed by atoms with van der Waals surface area (Å²) in [4.78, 5) is 25.3. The van der Waals surface area contributed by atoms with E-state index in [4.69, 9.17) is 0 Å². The first-order valence-electron chi connectivity index (χ1n) is 9.40. The standard InChI is InChI=1S/C24H19F3N2O2/c25-24(26,27)20-13-11-18(12-14-20)16-28-23(31)21(15-17-7-3-1-4-8-17)29-22(30)19-9-5-2-6-10-19/h1-15H,16H2,(H,28,31)(H,29,30)/b21-15-. The molecule has 0 spiro atoms. The molecule has 0 aliphatic carbocycles. The molecule has 31 heavy (non-hydrogen) atoms. The van der Waals surface area contributed by atoms with Crippen LogP contribution in [-0.4, -0.2) is 11.8 Å². The van der Waals surface area contributed by atoms with Crippen LogP contribution in [0.1, 0.15) is 27.0 Å². The lowest BCUT2D eigenvalue weighted by atomic mass is 10.1. The van der Waals surface area contributed by atoms with Crippen molar-refractivity contribution in [1.29, 1.82) is 0 Å². The highest BCUT2D eigenvalue weighted by Gasteiger charge is 2.29. The molecule has 0 radical (unpaired) electrons. The third kappa shape index (κ3) is 6.30. The predicted octanol–water partition coefficient (Wildman–Crippen LogP) is 4.79. The second-order valence-corrected chi connectivity index (χ2v) is 6.67. The molecule has 0 aromatic heterocycles. The molecule has 158 valence electrons. The molecule has 0 saturated heterocycles. The number of halogens is 3. The number of amides is 2. The lowest BCUT2D eigenvalue weighted by Gasteiger charge is -2.12. The molecular weight excluding hydrogens is 405 g/mol. The molecule has 3 aromatic rings. The molecule has 7 heteroatoms. The van der Waals surface area contributed by atoms with Crippen molar-refractivity contribution in [2.24, 2.45) is 0 Å². The predicted molar refractivity (Wildman–Crippen MR) is 112 cm³/mol. The summed E-state index contributed by atoms with van der Waals surface area (Å²) in [5, 5.41) is 5.24. The minimum atomic E-state index is -4.42. The average Bonchev–Trinajstić information content (AvgIpc) is 2.78. The third-order valence-electron chi connectivity index (χ3n) is 4.37. The van der Waals surface area contributed by atoms with Crippen LogP contribution in [0.25, 0.3) is 6.08 Å². The van der Waals surface area contributed by atoms with Crippen LogP contribution in [-0.2, 0) is 17.5 Å². The zero-order chi connectivity index (χ0) is 22.3. The molecule has 0 bridgehead atoms. The number of carbonyl (C=O) groups excluding carboxylic acids is 2. The van der Waals surface area contributed by atoms with E-state index in [0.29, 0.717) is 16.7 Å². The van der Waals surface area contributed by atoms with Gasteiger partial charge in [0.25, 0.3) is 11.8 Å². The van der Waals surface area contributed by atoms with Crippen molar-refractivity contribution in [3.63, 3.8) is 0 Å². The van der Waals surface area contributed by atoms with Gasteiger partial charge in [0.2, 0.25) is 0 Å². The summed E-state index contributed by atoms with van der Waals surface area (Å²) >= 11 is 0. The molecule has 3 rings (SSSR count). The highest BCUT2D eigenvalue weighted by Crippen LogP contribution is 2.29. The van der Waals surface area contributed by atoms with Gasteiger partial charge in [-0.2, -0.15) is 13.2 Å². The summed E-state index contributed by atoms with van der Waals surface area (Å²) in [6, 6.07) is 21.9. The Morgan fingerprint density at radius 3 is 1.97 bits per heavy atom. The van der Waals surface area contributed by atoms with E-state index in [1.165, 1.54) is 18.2 Å². The van der Waals surface area contributed by atoms with Crippen LogP contribution in [0, 0.1) is 0 Å². The Balaban J connectivity index is 1.74. The first-order valence-corrected chi connectivity index (χ1v) is 9.40. The summed E-state index contributed by atoms with van der Waals surface area (Å²) in [5.41, 5.74) is 0.844. The van der Waals surface area contributed by atoms with E-state index < -0.39 is 23.6 Å². The summed E-state index contributed by atoms with van der Waals surface area (Å²) in [6.07, 6.45) is -2.89. The Morgan fingerprint density at radius 2 is 1.39 bits per heavy atom. The molecule has 2 N–H and O–H groups in total. The van der Waals surface area contributed by atoms with Gasteiger partial charge in [0.05, 0.1) is 5.56 Å². The highest BCUT2D eigenvalue weighted by atomic mass is 19.4. The topological polar surface area (TPSA) is 58.2 Å². The first kappa shape index (κ1) is 21.8. The largest absolute Gasteiger partial charge is 0.416 e. The van der Waals surface area contributed by atoms with Crippen molar-refractivity contribution in [3.8, 4) is 0 Å². The maximum atomic E-state index is 12.7. The van der Waals surface area contributed by atoms with Gasteiger partial charge in [-0.3, -0.25) is 9.59 Å². The van der Waals surface area contributed by atoms with E-state index in [9.17, 15) is 22.8 Å². The second kappa shape index (κ2) is 9.75. The molecule has 4 nitrogen and oxygen atoms in total. The van der Waals surface area contributed by atoms with E-state index in [2.05, 4.69) is 10.6 Å². The van der Waals surface area contributed by atoms with Gasteiger partial charge < -0.3 is 10.6 Å². The van der Waals surface area contributed by atoms with Crippen LogP contribution < -0.4 is 10.6 Å². The van der Waals surface area contributed by atoms with Gasteiger partial charge in [0, 0.05) is 12.1 Å². The average molecular weight is 424 g/mol. The quantitative estimate of drug-likeness (QED) is 0.559. The molecule has 0 unspecified atom stereocenters. The van der Waals surface area contributed by atoms with Gasteiger partial charge in [-0.05, 0) is 41.5 Å². The Bertz CT molecular complexity index is 1060. The van der Waals surface area contributed by atoms with Crippen LogP contribution in [0.5, 0.6) is 0 Å². The fourth-order valence-corrected chi connectivity index (χ4v) is 2.75. The van der Waals surface area contributed by atoms with Crippen LogP contribution in [0.15, 0.2) is 90.6 Å². The van der Waals surface area contributed by atoms with E-state index in [-0.39, 0.29) is 12.2 Å². The molecule has 0 saturated carbocycles. The SMILES string of the molecule is O=C(NCc1ccc(C(F)(F)F)cc1)/C(=C/c1ccccc1)NC(=O)c1ccccc1. The zero-order valence-corrected chi connectivity index (χ0v) is 16.3. The number of carbonyl (C=O) groups is 2. The van der Waals surface area contributed by atoms with Gasteiger partial charge in [-0.1, -0.05) is 60.7 Å². The molecule has 0 heterocycles. The first-order chi connectivity index (χ1) is 14.8. The van der Waals surface area contributed by atoms with E-state index in [1.54, 1.807) is 54.6 Å². The number of hydrogen-bond donors (Lipinski definition) is 2. The molecule has 0 aliphatic rings. The van der Waals surface area contributed by atoms with E-state index in [1.807, 2.05) is 6.07 Å². The Hall–Kier alpha value is -3.87. The Kier molecular flexibility index (Phi) is 6.87. The van der Waals surface area contributed by atoms with Crippen molar-refractivity contribution < 1.29 is 22.8 Å². The fraction of sp³-hybridized carbons (Fsp3) is 0.0833. The normalized spacial score (nSPS) is 11.6. The summed E-state index contributed by atoms with van der Waals surface area (Å²) < 4.78 is 38.1. The van der Waals surface area contributed by atoms with Crippen molar-refractivity contribution in [2.45, 2.75) is 12.7 Å². The van der Waals surface area contributed by atoms with Crippen LogP contribution >= 0.6 is 0 Å². The minimum absolute atomic E-state index is 0.00427. The number of benzene rings is 3. The third-order valence-corrected chi connectivity index (χ3v) is 4.37. The second-order valence-electron chi connectivity index (χ2n) is 6.67. The Labute approximate surface area is 177 Å². The van der Waals surface area contributed by atoms with Gasteiger partial charge in [-0.15, -0.1) is 0 Å². The molecular formula is C24H19F3N2O2. The summed E-state index contributed by atoms with van der Waals surface area (Å²) in [7, 11) is 0. The zero-order valence-electron chi connectivity index (χ0n) is 16.3. The maximum absolute atomic E-state index is 12.7. The number of rotatable bonds is 6. The number of hydrogen-bond acceptors (Lipinski definition) is 2. The van der Waals surface area contributed by atoms with E-state index >= 15 is 0 Å². The highest BCUT2D eigenvalue weighted by molar-refractivity contribution is 6.05. The van der Waals surface area contributed by atoms with Crippen molar-refractivity contribution in [1.82, 2.24) is 10.6 Å². The fourth-order valence-electron chi connectivity index (χ4n) is 2.75. The van der Waals surface area contributed by atoms with Crippen LogP contribution in [0.2, 0.25) is 0 Å². The smallest absolute Gasteiger partial charge is 0.347 e. The minimum Gasteiger partial charge on any atom is -0.347 e. The van der Waals surface area contributed by atoms with Crippen molar-refractivity contribution in [3.05, 3.63) is 113 Å². The summed E-state index contributed by atoms with van der Waals surface area (Å²) in [6.45, 7) is 0.00427. The molecule has 3 aromatic carbocycles.